The van der Waals surface area contributed by atoms with Crippen molar-refractivity contribution in [3.63, 3.8) is 0 Å². The molecule has 108 valence electrons. The van der Waals surface area contributed by atoms with Gasteiger partial charge in [-0.3, -0.25) is 0 Å². The van der Waals surface area contributed by atoms with Gasteiger partial charge in [-0.15, -0.1) is 0 Å². The monoisotopic (exact) mass is 375 g/mol. The van der Waals surface area contributed by atoms with Gasteiger partial charge in [0.15, 0.2) is 0 Å². The van der Waals surface area contributed by atoms with Crippen molar-refractivity contribution in [2.75, 3.05) is 13.7 Å². The number of hydrogen-bond acceptors (Lipinski definition) is 4. The van der Waals surface area contributed by atoms with Crippen LogP contribution >= 0.6 is 27.3 Å². The molecule has 1 atom stereocenters. The minimum absolute atomic E-state index is 0.191. The SMILES string of the molecule is CO[C@@H](CNS(=O)(=O)c1ccccc1Br)c1ccsc1. The number of hydrogen-bond donors (Lipinski definition) is 1. The van der Waals surface area contributed by atoms with Crippen LogP contribution in [0.1, 0.15) is 11.7 Å². The Hall–Kier alpha value is -0.730. The zero-order valence-electron chi connectivity index (χ0n) is 10.7. The maximum absolute atomic E-state index is 12.2. The second kappa shape index (κ2) is 6.82. The van der Waals surface area contributed by atoms with Gasteiger partial charge in [-0.05, 0) is 50.5 Å². The molecule has 0 aliphatic rings. The number of thiophene rings is 1. The fourth-order valence-corrected chi connectivity index (χ4v) is 4.46. The lowest BCUT2D eigenvalue weighted by molar-refractivity contribution is 0.107. The summed E-state index contributed by atoms with van der Waals surface area (Å²) in [5.41, 5.74) is 0.965. The first kappa shape index (κ1) is 15.7. The van der Waals surface area contributed by atoms with Crippen LogP contribution < -0.4 is 4.72 Å². The van der Waals surface area contributed by atoms with Crippen LogP contribution in [0.15, 0.2) is 50.5 Å². The second-order valence-corrected chi connectivity index (χ2v) is 7.43. The fourth-order valence-electron chi connectivity index (χ4n) is 1.72. The lowest BCUT2D eigenvalue weighted by Crippen LogP contribution is -2.29. The van der Waals surface area contributed by atoms with Gasteiger partial charge < -0.3 is 4.74 Å². The number of halogens is 1. The molecule has 0 saturated heterocycles. The quantitative estimate of drug-likeness (QED) is 0.843. The number of rotatable bonds is 6. The van der Waals surface area contributed by atoms with Gasteiger partial charge in [0.05, 0.1) is 11.0 Å². The highest BCUT2D eigenvalue weighted by Gasteiger charge is 2.20. The first-order chi connectivity index (χ1) is 9.54. The molecule has 0 saturated carbocycles. The fraction of sp³-hybridized carbons (Fsp3) is 0.231. The molecule has 2 rings (SSSR count). The van der Waals surface area contributed by atoms with Gasteiger partial charge in [0.25, 0.3) is 0 Å². The highest BCUT2D eigenvalue weighted by atomic mass is 79.9. The number of nitrogens with one attached hydrogen (secondary N) is 1. The summed E-state index contributed by atoms with van der Waals surface area (Å²) in [6.07, 6.45) is -0.293. The van der Waals surface area contributed by atoms with Crippen molar-refractivity contribution in [1.29, 1.82) is 0 Å². The molecule has 1 aromatic heterocycles. The minimum Gasteiger partial charge on any atom is -0.375 e. The van der Waals surface area contributed by atoms with Gasteiger partial charge in [0, 0.05) is 18.1 Å². The number of methoxy groups -OCH3 is 1. The predicted molar refractivity (Wildman–Crippen MR) is 83.4 cm³/mol. The third-order valence-corrected chi connectivity index (χ3v) is 5.92. The van der Waals surface area contributed by atoms with Crippen molar-refractivity contribution < 1.29 is 13.2 Å². The molecular formula is C13H14BrNO3S2. The van der Waals surface area contributed by atoms with Gasteiger partial charge in [0.1, 0.15) is 0 Å². The van der Waals surface area contributed by atoms with E-state index in [2.05, 4.69) is 20.7 Å². The Labute approximate surface area is 131 Å². The van der Waals surface area contributed by atoms with E-state index in [-0.39, 0.29) is 17.5 Å². The minimum atomic E-state index is -3.56. The summed E-state index contributed by atoms with van der Waals surface area (Å²) in [6.45, 7) is 0.191. The molecule has 0 unspecified atom stereocenters. The summed E-state index contributed by atoms with van der Waals surface area (Å²) in [7, 11) is -2.00. The van der Waals surface area contributed by atoms with Crippen LogP contribution in [0.25, 0.3) is 0 Å². The van der Waals surface area contributed by atoms with Gasteiger partial charge >= 0.3 is 0 Å². The lowest BCUT2D eigenvalue weighted by Gasteiger charge is -2.15. The molecule has 0 aliphatic carbocycles. The van der Waals surface area contributed by atoms with Gasteiger partial charge in [-0.1, -0.05) is 12.1 Å². The van der Waals surface area contributed by atoms with E-state index in [1.54, 1.807) is 42.7 Å². The number of benzene rings is 1. The van der Waals surface area contributed by atoms with Crippen molar-refractivity contribution in [1.82, 2.24) is 4.72 Å². The molecule has 0 aliphatic heterocycles. The molecule has 20 heavy (non-hydrogen) atoms. The molecular weight excluding hydrogens is 362 g/mol. The highest BCUT2D eigenvalue weighted by molar-refractivity contribution is 9.10. The van der Waals surface area contributed by atoms with E-state index in [1.807, 2.05) is 16.8 Å². The molecule has 1 heterocycles. The van der Waals surface area contributed by atoms with Crippen LogP contribution in [0.3, 0.4) is 0 Å². The first-order valence-electron chi connectivity index (χ1n) is 5.83. The Balaban J connectivity index is 2.12. The van der Waals surface area contributed by atoms with E-state index in [9.17, 15) is 8.42 Å². The van der Waals surface area contributed by atoms with E-state index in [4.69, 9.17) is 4.74 Å². The van der Waals surface area contributed by atoms with Crippen LogP contribution in [-0.2, 0) is 14.8 Å². The van der Waals surface area contributed by atoms with Crippen molar-refractivity contribution in [2.24, 2.45) is 0 Å². The van der Waals surface area contributed by atoms with Crippen LogP contribution in [0.2, 0.25) is 0 Å². The Bertz CT molecular complexity index is 656. The highest BCUT2D eigenvalue weighted by Crippen LogP contribution is 2.23. The van der Waals surface area contributed by atoms with Crippen LogP contribution in [-0.4, -0.2) is 22.1 Å². The number of ether oxygens (including phenoxy) is 1. The Kier molecular flexibility index (Phi) is 5.34. The van der Waals surface area contributed by atoms with E-state index < -0.39 is 10.0 Å². The summed E-state index contributed by atoms with van der Waals surface area (Å²) in [5, 5.41) is 3.88. The first-order valence-corrected chi connectivity index (χ1v) is 9.05. The zero-order valence-corrected chi connectivity index (χ0v) is 14.0. The Morgan fingerprint density at radius 3 is 2.70 bits per heavy atom. The van der Waals surface area contributed by atoms with Crippen molar-refractivity contribution in [2.45, 2.75) is 11.0 Å². The van der Waals surface area contributed by atoms with E-state index in [1.165, 1.54) is 0 Å². The summed E-state index contributed by atoms with van der Waals surface area (Å²) in [5.74, 6) is 0. The van der Waals surface area contributed by atoms with E-state index in [0.717, 1.165) is 5.56 Å². The Morgan fingerprint density at radius 1 is 1.35 bits per heavy atom. The molecule has 0 amide bonds. The molecule has 1 N–H and O–H groups in total. The molecule has 7 heteroatoms. The average molecular weight is 376 g/mol. The molecule has 0 bridgehead atoms. The summed E-state index contributed by atoms with van der Waals surface area (Å²) < 4.78 is 32.9. The van der Waals surface area contributed by atoms with Gasteiger partial charge in [-0.25, -0.2) is 13.1 Å². The molecule has 0 fully saturated rings. The zero-order chi connectivity index (χ0) is 14.6. The molecule has 1 aromatic carbocycles. The van der Waals surface area contributed by atoms with E-state index >= 15 is 0 Å². The molecule has 0 radical (unpaired) electrons. The summed E-state index contributed by atoms with van der Waals surface area (Å²) >= 11 is 4.80. The molecule has 0 spiro atoms. The lowest BCUT2D eigenvalue weighted by atomic mass is 10.2. The molecule has 2 aromatic rings. The van der Waals surface area contributed by atoms with Crippen molar-refractivity contribution in [3.8, 4) is 0 Å². The van der Waals surface area contributed by atoms with Crippen LogP contribution in [0.4, 0.5) is 0 Å². The largest absolute Gasteiger partial charge is 0.375 e. The third kappa shape index (κ3) is 3.67. The second-order valence-electron chi connectivity index (χ2n) is 4.06. The van der Waals surface area contributed by atoms with Crippen LogP contribution in [0, 0.1) is 0 Å². The normalized spacial score (nSPS) is 13.3. The Morgan fingerprint density at radius 2 is 2.10 bits per heavy atom. The third-order valence-electron chi connectivity index (χ3n) is 2.78. The topological polar surface area (TPSA) is 55.4 Å². The van der Waals surface area contributed by atoms with Crippen molar-refractivity contribution in [3.05, 3.63) is 51.1 Å². The maximum atomic E-state index is 12.2. The van der Waals surface area contributed by atoms with Gasteiger partial charge in [-0.2, -0.15) is 11.3 Å². The smallest absolute Gasteiger partial charge is 0.241 e. The standard InChI is InChI=1S/C13H14BrNO3S2/c1-18-12(10-6-7-19-9-10)8-15-20(16,17)13-5-3-2-4-11(13)14/h2-7,9,12,15H,8H2,1H3/t12-/m0/s1. The average Bonchev–Trinajstić information content (AvgIpc) is 2.94. The summed E-state index contributed by atoms with van der Waals surface area (Å²) in [4.78, 5) is 0.222. The number of sulfonamides is 1. The summed E-state index contributed by atoms with van der Waals surface area (Å²) in [6, 6.07) is 8.63. The van der Waals surface area contributed by atoms with Gasteiger partial charge in [0.2, 0.25) is 10.0 Å². The van der Waals surface area contributed by atoms with E-state index in [0.29, 0.717) is 4.47 Å². The van der Waals surface area contributed by atoms with Crippen molar-refractivity contribution >= 4 is 37.3 Å². The molecule has 4 nitrogen and oxygen atoms in total. The predicted octanol–water partition coefficient (Wildman–Crippen LogP) is 3.18. The maximum Gasteiger partial charge on any atom is 0.241 e. The van der Waals surface area contributed by atoms with Crippen LogP contribution in [0.5, 0.6) is 0 Å².